The van der Waals surface area contributed by atoms with Gasteiger partial charge < -0.3 is 14.4 Å². The van der Waals surface area contributed by atoms with Crippen molar-refractivity contribution in [1.82, 2.24) is 14.5 Å². The summed E-state index contributed by atoms with van der Waals surface area (Å²) in [6.07, 6.45) is 4.42. The molecule has 0 bridgehead atoms. The zero-order chi connectivity index (χ0) is 33.3. The van der Waals surface area contributed by atoms with Crippen LogP contribution in [-0.2, 0) is 28.0 Å². The van der Waals surface area contributed by atoms with E-state index in [4.69, 9.17) is 14.7 Å². The lowest BCUT2D eigenvalue weighted by molar-refractivity contribution is -0.143. The minimum Gasteiger partial charge on any atom is -0.487 e. The number of carboxylic acid groups (broad SMARTS) is 1. The number of rotatable bonds is 10. The van der Waals surface area contributed by atoms with Gasteiger partial charge in [-0.3, -0.25) is 9.52 Å². The third-order valence-electron chi connectivity index (χ3n) is 9.02. The highest BCUT2D eigenvalue weighted by Gasteiger charge is 2.35. The maximum absolute atomic E-state index is 12.3. The molecule has 2 aromatic heterocycles. The molecule has 1 aliphatic rings. The minimum absolute atomic E-state index is 0.187. The molecule has 9 nitrogen and oxygen atoms in total. The van der Waals surface area contributed by atoms with Crippen molar-refractivity contribution in [2.75, 3.05) is 11.0 Å². The highest BCUT2D eigenvalue weighted by atomic mass is 32.2. The van der Waals surface area contributed by atoms with E-state index in [2.05, 4.69) is 21.4 Å². The smallest absolute Gasteiger partial charge is 0.307 e. The Hall–Kier alpha value is -5.22. The fourth-order valence-electron chi connectivity index (χ4n) is 6.68. The number of fused-ring (bicyclic) bond motifs is 2. The molecule has 1 aliphatic carbocycles. The summed E-state index contributed by atoms with van der Waals surface area (Å²) < 4.78 is 33.9. The van der Waals surface area contributed by atoms with Crippen LogP contribution in [0.4, 0.5) is 5.69 Å². The van der Waals surface area contributed by atoms with Gasteiger partial charge in [-0.05, 0) is 65.9 Å². The number of aromatic nitrogens is 3. The van der Waals surface area contributed by atoms with Gasteiger partial charge in [0.05, 0.1) is 34.4 Å². The van der Waals surface area contributed by atoms with Crippen molar-refractivity contribution >= 4 is 43.6 Å². The molecule has 1 fully saturated rings. The number of anilines is 1. The predicted octanol–water partition coefficient (Wildman–Crippen LogP) is 7.61. The van der Waals surface area contributed by atoms with Crippen molar-refractivity contribution in [2.45, 2.75) is 44.8 Å². The van der Waals surface area contributed by atoms with Crippen LogP contribution in [0, 0.1) is 5.92 Å². The second-order valence-corrected chi connectivity index (χ2v) is 14.2. The van der Waals surface area contributed by atoms with Crippen LogP contribution in [0.1, 0.15) is 48.7 Å². The van der Waals surface area contributed by atoms with E-state index >= 15 is 0 Å². The lowest BCUT2D eigenvalue weighted by atomic mass is 9.78. The van der Waals surface area contributed by atoms with Gasteiger partial charge >= 0.3 is 5.97 Å². The molecule has 0 spiro atoms. The topological polar surface area (TPSA) is 123 Å². The number of aliphatic carboxylic acids is 1. The van der Waals surface area contributed by atoms with Gasteiger partial charge in [0.15, 0.2) is 0 Å². The van der Waals surface area contributed by atoms with Gasteiger partial charge in [0.25, 0.3) is 0 Å². The second kappa shape index (κ2) is 13.1. The highest BCUT2D eigenvalue weighted by molar-refractivity contribution is 7.92. The van der Waals surface area contributed by atoms with Gasteiger partial charge in [-0.25, -0.2) is 18.4 Å². The van der Waals surface area contributed by atoms with Gasteiger partial charge in [-0.15, -0.1) is 0 Å². The van der Waals surface area contributed by atoms with E-state index < -0.39 is 21.9 Å². The van der Waals surface area contributed by atoms with E-state index in [0.717, 1.165) is 75.7 Å². The van der Waals surface area contributed by atoms with E-state index in [-0.39, 0.29) is 5.92 Å². The Morgan fingerprint density at radius 1 is 0.875 bits per heavy atom. The summed E-state index contributed by atoms with van der Waals surface area (Å²) in [5.41, 5.74) is 6.98. The number of imidazole rings is 1. The van der Waals surface area contributed by atoms with Crippen LogP contribution < -0.4 is 9.46 Å². The molecule has 6 aromatic rings. The fourth-order valence-corrected chi connectivity index (χ4v) is 7.24. The summed E-state index contributed by atoms with van der Waals surface area (Å²) in [7, 11) is -3.34. The average Bonchev–Trinajstić information content (AvgIpc) is 3.44. The zero-order valence-electron chi connectivity index (χ0n) is 26.5. The first-order valence-electron chi connectivity index (χ1n) is 16.1. The van der Waals surface area contributed by atoms with Crippen LogP contribution >= 0.6 is 0 Å². The molecule has 4 aromatic carbocycles. The molecule has 1 saturated carbocycles. The Morgan fingerprint density at radius 2 is 1.60 bits per heavy atom. The van der Waals surface area contributed by atoms with Crippen LogP contribution in [-0.4, -0.2) is 40.3 Å². The third-order valence-corrected chi connectivity index (χ3v) is 9.63. The summed E-state index contributed by atoms with van der Waals surface area (Å²) in [5.74, 6) is 0.0321. The van der Waals surface area contributed by atoms with E-state index in [1.807, 2.05) is 78.9 Å². The van der Waals surface area contributed by atoms with Crippen molar-refractivity contribution in [1.29, 1.82) is 0 Å². The number of carboxylic acids is 1. The predicted molar refractivity (Wildman–Crippen MR) is 188 cm³/mol. The number of para-hydroxylation sites is 1. The average molecular weight is 661 g/mol. The van der Waals surface area contributed by atoms with E-state index in [0.29, 0.717) is 31.0 Å². The first-order chi connectivity index (χ1) is 23.2. The molecule has 2 heterocycles. The van der Waals surface area contributed by atoms with Crippen molar-refractivity contribution in [3.05, 3.63) is 120 Å². The maximum atomic E-state index is 12.3. The van der Waals surface area contributed by atoms with Gasteiger partial charge in [-0.1, -0.05) is 73.5 Å². The molecular weight excluding hydrogens is 625 g/mol. The molecular formula is C38H36N4O5S. The van der Waals surface area contributed by atoms with E-state index in [1.54, 1.807) is 12.1 Å². The molecule has 2 atom stereocenters. The maximum Gasteiger partial charge on any atom is 0.307 e. The largest absolute Gasteiger partial charge is 0.487 e. The first-order valence-corrected chi connectivity index (χ1v) is 18.0. The fraction of sp³-hybridized carbons (Fsp3) is 0.237. The van der Waals surface area contributed by atoms with Crippen LogP contribution in [0.5, 0.6) is 5.75 Å². The Labute approximate surface area is 279 Å². The number of sulfonamides is 1. The molecule has 244 valence electrons. The highest BCUT2D eigenvalue weighted by Crippen LogP contribution is 2.39. The van der Waals surface area contributed by atoms with Crippen molar-refractivity contribution in [2.24, 2.45) is 5.92 Å². The molecule has 10 heteroatoms. The normalized spacial score (nSPS) is 16.6. The van der Waals surface area contributed by atoms with Crippen LogP contribution in [0.3, 0.4) is 0 Å². The van der Waals surface area contributed by atoms with Crippen LogP contribution in [0.25, 0.3) is 33.1 Å². The molecule has 2 unspecified atom stereocenters. The zero-order valence-corrected chi connectivity index (χ0v) is 27.4. The molecule has 0 saturated heterocycles. The molecule has 0 amide bonds. The summed E-state index contributed by atoms with van der Waals surface area (Å²) in [6.45, 7) is 0.851. The molecule has 0 aliphatic heterocycles. The summed E-state index contributed by atoms with van der Waals surface area (Å²) in [5, 5.41) is 11.2. The minimum atomic E-state index is -3.34. The molecule has 7 rings (SSSR count). The van der Waals surface area contributed by atoms with Gasteiger partial charge in [-0.2, -0.15) is 0 Å². The van der Waals surface area contributed by atoms with Gasteiger partial charge in [0, 0.05) is 29.6 Å². The monoisotopic (exact) mass is 660 g/mol. The number of hydrogen-bond donors (Lipinski definition) is 2. The van der Waals surface area contributed by atoms with Gasteiger partial charge in [0.1, 0.15) is 18.2 Å². The second-order valence-electron chi connectivity index (χ2n) is 12.5. The Balaban J connectivity index is 1.17. The Bertz CT molecular complexity index is 2210. The SMILES string of the molecule is CS(=O)(=O)Nc1ccc(-c2ccc(Cn3c(C4CCCCC4C(=O)O)nc4cc(OCc5ccc6ccccc6n5)ccc43)cc2)cc1. The quantitative estimate of drug-likeness (QED) is 0.155. The number of carbonyl (C=O) groups is 1. The lowest BCUT2D eigenvalue weighted by Gasteiger charge is -2.28. The molecule has 0 radical (unpaired) electrons. The first kappa shape index (κ1) is 31.4. The summed E-state index contributed by atoms with van der Waals surface area (Å²) >= 11 is 0. The lowest BCUT2D eigenvalue weighted by Crippen LogP contribution is -2.27. The van der Waals surface area contributed by atoms with Crippen molar-refractivity contribution < 1.29 is 23.1 Å². The number of nitrogens with one attached hydrogen (secondary N) is 1. The standard InChI is InChI=1S/C38H36N4O5S/c1-48(45,46)41-29-17-14-27(15-18-29)26-12-10-25(11-13-26)23-42-36-21-20-31(47-24-30-19-16-28-6-2-5-9-34(28)39-30)22-35(36)40-37(42)32-7-3-4-8-33(32)38(43)44/h2,5-6,9-22,32-33,41H,3-4,7-8,23-24H2,1H3,(H,43,44). The van der Waals surface area contributed by atoms with E-state index in [1.165, 1.54) is 0 Å². The van der Waals surface area contributed by atoms with Crippen molar-refractivity contribution in [3.8, 4) is 16.9 Å². The third kappa shape index (κ3) is 6.89. The molecule has 2 N–H and O–H groups in total. The summed E-state index contributed by atoms with van der Waals surface area (Å²) in [4.78, 5) is 22.1. The Morgan fingerprint density at radius 3 is 2.35 bits per heavy atom. The number of benzene rings is 4. The number of ether oxygens (including phenoxy) is 1. The number of pyridine rings is 1. The molecule has 48 heavy (non-hydrogen) atoms. The van der Waals surface area contributed by atoms with Gasteiger partial charge in [0.2, 0.25) is 10.0 Å². The number of nitrogens with zero attached hydrogens (tertiary/aromatic N) is 3. The summed E-state index contributed by atoms with van der Waals surface area (Å²) in [6, 6.07) is 33.4. The number of hydrogen-bond acceptors (Lipinski definition) is 6. The van der Waals surface area contributed by atoms with Crippen LogP contribution in [0.15, 0.2) is 103 Å². The van der Waals surface area contributed by atoms with Crippen LogP contribution in [0.2, 0.25) is 0 Å². The Kier molecular flexibility index (Phi) is 8.58. The van der Waals surface area contributed by atoms with E-state index in [9.17, 15) is 18.3 Å². The van der Waals surface area contributed by atoms with Crippen molar-refractivity contribution in [3.63, 3.8) is 0 Å².